The Morgan fingerprint density at radius 3 is 2.83 bits per heavy atom. The van der Waals surface area contributed by atoms with E-state index in [-0.39, 0.29) is 11.5 Å². The number of H-pyrrole nitrogens is 1. The number of nitrogens with one attached hydrogen (secondary N) is 2. The van der Waals surface area contributed by atoms with Gasteiger partial charge in [0.2, 0.25) is 0 Å². The van der Waals surface area contributed by atoms with E-state index in [0.29, 0.717) is 17.6 Å². The fourth-order valence-electron chi connectivity index (χ4n) is 2.40. The summed E-state index contributed by atoms with van der Waals surface area (Å²) in [5, 5.41) is 12.8. The first-order valence-electron chi connectivity index (χ1n) is 7.30. The molecule has 7 nitrogen and oxygen atoms in total. The molecule has 3 aromatic rings. The van der Waals surface area contributed by atoms with Gasteiger partial charge in [-0.25, -0.2) is 9.37 Å². The molecule has 0 aliphatic heterocycles. The summed E-state index contributed by atoms with van der Waals surface area (Å²) in [5.74, 6) is 0.0417. The Bertz CT molecular complexity index is 839. The number of hydrogen-bond donors (Lipinski definition) is 2. The summed E-state index contributed by atoms with van der Waals surface area (Å²) in [6.07, 6.45) is 3.63. The molecule has 1 atom stereocenters. The van der Waals surface area contributed by atoms with Crippen molar-refractivity contribution in [1.29, 1.82) is 0 Å². The van der Waals surface area contributed by atoms with Gasteiger partial charge in [-0.1, -0.05) is 6.92 Å². The molecule has 0 aliphatic rings. The minimum atomic E-state index is -0.609. The molecule has 1 aromatic carbocycles. The van der Waals surface area contributed by atoms with Crippen LogP contribution in [0.25, 0.3) is 11.0 Å². The van der Waals surface area contributed by atoms with Crippen LogP contribution in [0, 0.1) is 18.7 Å². The number of imidazole rings is 1. The van der Waals surface area contributed by atoms with Crippen molar-refractivity contribution in [2.75, 3.05) is 6.54 Å². The molecule has 23 heavy (non-hydrogen) atoms. The fraction of sp³-hybridized carbons (Fsp3) is 0.333. The predicted molar refractivity (Wildman–Crippen MR) is 82.3 cm³/mol. The average molecular weight is 316 g/mol. The van der Waals surface area contributed by atoms with Crippen molar-refractivity contribution in [3.63, 3.8) is 0 Å². The summed E-state index contributed by atoms with van der Waals surface area (Å²) < 4.78 is 16.0. The van der Waals surface area contributed by atoms with Crippen molar-refractivity contribution in [3.8, 4) is 0 Å². The largest absolute Gasteiger partial charge is 0.352 e. The number of benzene rings is 1. The summed E-state index contributed by atoms with van der Waals surface area (Å²) in [4.78, 5) is 16.3. The highest BCUT2D eigenvalue weighted by molar-refractivity contribution is 5.97. The zero-order chi connectivity index (χ0) is 16.4. The molecule has 2 N–H and O–H groups in total. The van der Waals surface area contributed by atoms with Gasteiger partial charge in [0, 0.05) is 31.5 Å². The Hall–Kier alpha value is -2.77. The number of carbonyl (C=O) groups excluding carboxylic acids is 1. The second kappa shape index (κ2) is 6.15. The molecule has 0 saturated heterocycles. The molecule has 1 unspecified atom stereocenters. The molecule has 1 amide bonds. The lowest BCUT2D eigenvalue weighted by atomic mass is 10.1. The van der Waals surface area contributed by atoms with Gasteiger partial charge in [0.1, 0.15) is 22.7 Å². The minimum absolute atomic E-state index is 0.0302. The van der Waals surface area contributed by atoms with Crippen LogP contribution in [-0.2, 0) is 6.54 Å². The van der Waals surface area contributed by atoms with Crippen LogP contribution in [0.5, 0.6) is 0 Å². The van der Waals surface area contributed by atoms with Gasteiger partial charge in [0.25, 0.3) is 5.91 Å². The smallest absolute Gasteiger partial charge is 0.254 e. The molecule has 0 fully saturated rings. The minimum Gasteiger partial charge on any atom is -0.352 e. The molecule has 0 radical (unpaired) electrons. The van der Waals surface area contributed by atoms with Gasteiger partial charge in [-0.15, -0.1) is 0 Å². The quantitative estimate of drug-likeness (QED) is 0.749. The monoisotopic (exact) mass is 316 g/mol. The molecule has 0 saturated carbocycles. The van der Waals surface area contributed by atoms with Crippen LogP contribution < -0.4 is 5.32 Å². The second-order valence-corrected chi connectivity index (χ2v) is 5.59. The zero-order valence-electron chi connectivity index (χ0n) is 12.9. The first-order chi connectivity index (χ1) is 11.0. The van der Waals surface area contributed by atoms with Crippen LogP contribution >= 0.6 is 0 Å². The number of fused-ring (bicyclic) bond motifs is 1. The highest BCUT2D eigenvalue weighted by Crippen LogP contribution is 2.15. The van der Waals surface area contributed by atoms with Gasteiger partial charge in [-0.2, -0.15) is 15.4 Å². The Kier molecular flexibility index (Phi) is 4.05. The standard InChI is InChI=1S/C15H17FN6O/c1-9(8-22-4-3-17-10(22)2)7-18-15(23)11-5-13-14(6-12(11)16)20-21-19-13/h3-6,9H,7-8H2,1-2H3,(H,18,23)(H,19,20,21). The SMILES string of the molecule is Cc1nccn1CC(C)CNC(=O)c1cc2n[nH]nc2cc1F. The third-order valence-corrected chi connectivity index (χ3v) is 3.69. The summed E-state index contributed by atoms with van der Waals surface area (Å²) >= 11 is 0. The highest BCUT2D eigenvalue weighted by atomic mass is 19.1. The number of aromatic nitrogens is 5. The molecule has 0 bridgehead atoms. The van der Waals surface area contributed by atoms with E-state index in [4.69, 9.17) is 0 Å². The van der Waals surface area contributed by atoms with E-state index in [1.165, 1.54) is 12.1 Å². The van der Waals surface area contributed by atoms with Gasteiger partial charge in [-0.05, 0) is 18.9 Å². The molecule has 2 aromatic heterocycles. The van der Waals surface area contributed by atoms with E-state index in [9.17, 15) is 9.18 Å². The molecule has 2 heterocycles. The van der Waals surface area contributed by atoms with Crippen molar-refractivity contribution in [3.05, 3.63) is 41.7 Å². The second-order valence-electron chi connectivity index (χ2n) is 5.59. The van der Waals surface area contributed by atoms with Crippen LogP contribution in [0.2, 0.25) is 0 Å². The maximum Gasteiger partial charge on any atom is 0.254 e. The van der Waals surface area contributed by atoms with Crippen LogP contribution in [0.15, 0.2) is 24.5 Å². The number of rotatable bonds is 5. The Morgan fingerprint density at radius 1 is 1.39 bits per heavy atom. The number of carbonyl (C=O) groups is 1. The first kappa shape index (κ1) is 15.1. The van der Waals surface area contributed by atoms with Crippen molar-refractivity contribution in [2.24, 2.45) is 5.92 Å². The van der Waals surface area contributed by atoms with Gasteiger partial charge in [0.05, 0.1) is 5.56 Å². The van der Waals surface area contributed by atoms with Crippen molar-refractivity contribution in [2.45, 2.75) is 20.4 Å². The molecule has 8 heteroatoms. The number of nitrogens with zero attached hydrogens (tertiary/aromatic N) is 4. The Balaban J connectivity index is 1.64. The van der Waals surface area contributed by atoms with Crippen LogP contribution in [0.4, 0.5) is 4.39 Å². The van der Waals surface area contributed by atoms with Crippen molar-refractivity contribution in [1.82, 2.24) is 30.3 Å². The predicted octanol–water partition coefficient (Wildman–Crippen LogP) is 1.67. The lowest BCUT2D eigenvalue weighted by Crippen LogP contribution is -2.30. The van der Waals surface area contributed by atoms with E-state index in [1.807, 2.05) is 24.6 Å². The summed E-state index contributed by atoms with van der Waals surface area (Å²) in [6, 6.07) is 2.60. The van der Waals surface area contributed by atoms with E-state index in [0.717, 1.165) is 12.4 Å². The maximum atomic E-state index is 14.0. The fourth-order valence-corrected chi connectivity index (χ4v) is 2.40. The van der Waals surface area contributed by atoms with E-state index in [2.05, 4.69) is 25.7 Å². The molecule has 120 valence electrons. The first-order valence-corrected chi connectivity index (χ1v) is 7.30. The molecule has 0 aliphatic carbocycles. The maximum absolute atomic E-state index is 14.0. The lowest BCUT2D eigenvalue weighted by Gasteiger charge is -2.14. The van der Waals surface area contributed by atoms with Gasteiger partial charge in [-0.3, -0.25) is 4.79 Å². The molecule has 0 spiro atoms. The summed E-state index contributed by atoms with van der Waals surface area (Å²) in [6.45, 7) is 5.11. The van der Waals surface area contributed by atoms with Crippen molar-refractivity contribution >= 4 is 16.9 Å². The third-order valence-electron chi connectivity index (χ3n) is 3.69. The van der Waals surface area contributed by atoms with E-state index in [1.54, 1.807) is 6.20 Å². The summed E-state index contributed by atoms with van der Waals surface area (Å²) in [7, 11) is 0. The van der Waals surface area contributed by atoms with Crippen LogP contribution in [-0.4, -0.2) is 37.4 Å². The number of halogens is 1. The highest BCUT2D eigenvalue weighted by Gasteiger charge is 2.15. The van der Waals surface area contributed by atoms with Crippen LogP contribution in [0.3, 0.4) is 0 Å². The molecule has 3 rings (SSSR count). The zero-order valence-corrected chi connectivity index (χ0v) is 12.9. The van der Waals surface area contributed by atoms with Crippen molar-refractivity contribution < 1.29 is 9.18 Å². The Labute approximate surface area is 131 Å². The number of hydrogen-bond acceptors (Lipinski definition) is 4. The summed E-state index contributed by atoms with van der Waals surface area (Å²) in [5.41, 5.74) is 0.819. The van der Waals surface area contributed by atoms with Gasteiger partial charge in [0.15, 0.2) is 0 Å². The number of aryl methyl sites for hydroxylation is 1. The van der Waals surface area contributed by atoms with Gasteiger partial charge < -0.3 is 9.88 Å². The number of aromatic amines is 1. The third kappa shape index (κ3) is 3.20. The van der Waals surface area contributed by atoms with Crippen LogP contribution in [0.1, 0.15) is 23.1 Å². The topological polar surface area (TPSA) is 88.5 Å². The van der Waals surface area contributed by atoms with Gasteiger partial charge >= 0.3 is 0 Å². The van der Waals surface area contributed by atoms with E-state index < -0.39 is 11.7 Å². The normalized spacial score (nSPS) is 12.5. The Morgan fingerprint density at radius 2 is 2.13 bits per heavy atom. The van der Waals surface area contributed by atoms with E-state index >= 15 is 0 Å². The lowest BCUT2D eigenvalue weighted by molar-refractivity contribution is 0.0943. The number of amides is 1. The molecular weight excluding hydrogens is 299 g/mol. The average Bonchev–Trinajstić information content (AvgIpc) is 3.13. The molecular formula is C15H17FN6O.